The average Bonchev–Trinajstić information content (AvgIpc) is 2.56. The molecule has 2 fully saturated rings. The summed E-state index contributed by atoms with van der Waals surface area (Å²) in [6, 6.07) is 6.76. The highest BCUT2D eigenvalue weighted by Gasteiger charge is 2.29. The maximum Gasteiger partial charge on any atom is 0.253 e. The zero-order valence-corrected chi connectivity index (χ0v) is 14.4. The molecule has 1 atom stereocenters. The Morgan fingerprint density at radius 3 is 2.48 bits per heavy atom. The van der Waals surface area contributed by atoms with Crippen molar-refractivity contribution in [2.45, 2.75) is 6.10 Å². The van der Waals surface area contributed by atoms with Gasteiger partial charge < -0.3 is 19.9 Å². The van der Waals surface area contributed by atoms with Crippen LogP contribution in [0.2, 0.25) is 0 Å². The van der Waals surface area contributed by atoms with Gasteiger partial charge in [-0.25, -0.2) is 4.39 Å². The number of benzene rings is 1. The number of anilines is 1. The van der Waals surface area contributed by atoms with Crippen LogP contribution in [-0.4, -0.2) is 62.8 Å². The first-order valence-electron chi connectivity index (χ1n) is 7.36. The minimum Gasteiger partial charge on any atom is -0.366 e. The molecule has 1 aromatic carbocycles. The van der Waals surface area contributed by atoms with E-state index < -0.39 is 0 Å². The van der Waals surface area contributed by atoms with Crippen LogP contribution in [0, 0.1) is 5.82 Å². The predicted molar refractivity (Wildman–Crippen MR) is 92.3 cm³/mol. The van der Waals surface area contributed by atoms with Crippen molar-refractivity contribution < 1.29 is 13.9 Å². The molecule has 0 bridgehead atoms. The Hall–Kier alpha value is -1.08. The molecular weight excluding hydrogens is 344 g/mol. The SMILES string of the molecule is Cl.Cl.O=C(C1CNCCO1)N1CCN(c2ccccc2F)CC1. The summed E-state index contributed by atoms with van der Waals surface area (Å²) >= 11 is 0. The molecule has 3 rings (SSSR count). The van der Waals surface area contributed by atoms with Gasteiger partial charge in [0.15, 0.2) is 0 Å². The van der Waals surface area contributed by atoms with Gasteiger partial charge in [-0.15, -0.1) is 24.8 Å². The van der Waals surface area contributed by atoms with Gasteiger partial charge in [0.1, 0.15) is 11.9 Å². The van der Waals surface area contributed by atoms with Gasteiger partial charge in [0.2, 0.25) is 0 Å². The summed E-state index contributed by atoms with van der Waals surface area (Å²) in [4.78, 5) is 16.1. The van der Waals surface area contributed by atoms with E-state index in [9.17, 15) is 9.18 Å². The number of hydrogen-bond donors (Lipinski definition) is 1. The molecule has 23 heavy (non-hydrogen) atoms. The van der Waals surface area contributed by atoms with Crippen LogP contribution in [-0.2, 0) is 9.53 Å². The normalized spacial score (nSPS) is 21.2. The van der Waals surface area contributed by atoms with Crippen LogP contribution in [0.25, 0.3) is 0 Å². The molecule has 0 saturated carbocycles. The van der Waals surface area contributed by atoms with Gasteiger partial charge in [-0.05, 0) is 12.1 Å². The summed E-state index contributed by atoms with van der Waals surface area (Å²) in [5, 5.41) is 3.16. The number of nitrogens with zero attached hydrogens (tertiary/aromatic N) is 2. The quantitative estimate of drug-likeness (QED) is 0.857. The molecule has 0 radical (unpaired) electrons. The molecule has 0 aliphatic carbocycles. The standard InChI is InChI=1S/C15H20FN3O2.2ClH/c16-12-3-1-2-4-13(12)18-6-8-19(9-7-18)15(20)14-11-17-5-10-21-14;;/h1-4,14,17H,5-11H2;2*1H. The summed E-state index contributed by atoms with van der Waals surface area (Å²) in [6.45, 7) is 4.45. The number of morpholine rings is 1. The fourth-order valence-corrected chi connectivity index (χ4v) is 2.80. The first-order chi connectivity index (χ1) is 10.3. The fraction of sp³-hybridized carbons (Fsp3) is 0.533. The summed E-state index contributed by atoms with van der Waals surface area (Å²) < 4.78 is 19.3. The first kappa shape index (κ1) is 20.0. The lowest BCUT2D eigenvalue weighted by molar-refractivity contribution is -0.145. The lowest BCUT2D eigenvalue weighted by atomic mass is 10.2. The van der Waals surface area contributed by atoms with Crippen molar-refractivity contribution in [2.75, 3.05) is 50.8 Å². The van der Waals surface area contributed by atoms with Crippen molar-refractivity contribution in [3.05, 3.63) is 30.1 Å². The number of para-hydroxylation sites is 1. The summed E-state index contributed by atoms with van der Waals surface area (Å²) in [5.41, 5.74) is 0.611. The Morgan fingerprint density at radius 1 is 1.17 bits per heavy atom. The Balaban J connectivity index is 0.00000132. The number of halogens is 3. The van der Waals surface area contributed by atoms with Crippen molar-refractivity contribution in [1.82, 2.24) is 10.2 Å². The molecule has 2 saturated heterocycles. The van der Waals surface area contributed by atoms with E-state index in [0.717, 1.165) is 6.54 Å². The Kier molecular flexibility index (Phi) is 8.05. The van der Waals surface area contributed by atoms with Crippen LogP contribution in [0.4, 0.5) is 10.1 Å². The van der Waals surface area contributed by atoms with Gasteiger partial charge in [-0.2, -0.15) is 0 Å². The smallest absolute Gasteiger partial charge is 0.253 e. The van der Waals surface area contributed by atoms with Gasteiger partial charge in [-0.1, -0.05) is 12.1 Å². The number of hydrogen-bond acceptors (Lipinski definition) is 4. The van der Waals surface area contributed by atoms with Crippen molar-refractivity contribution in [3.63, 3.8) is 0 Å². The van der Waals surface area contributed by atoms with Gasteiger partial charge in [-0.3, -0.25) is 4.79 Å². The predicted octanol–water partition coefficient (Wildman–Crippen LogP) is 1.31. The Bertz CT molecular complexity index is 507. The maximum absolute atomic E-state index is 13.8. The molecule has 130 valence electrons. The van der Waals surface area contributed by atoms with E-state index >= 15 is 0 Å². The largest absolute Gasteiger partial charge is 0.366 e. The minimum absolute atomic E-state index is 0. The van der Waals surface area contributed by atoms with Crippen molar-refractivity contribution in [1.29, 1.82) is 0 Å². The van der Waals surface area contributed by atoms with Gasteiger partial charge in [0.05, 0.1) is 12.3 Å². The molecule has 2 aliphatic rings. The molecule has 1 aromatic rings. The van der Waals surface area contributed by atoms with E-state index in [2.05, 4.69) is 5.32 Å². The van der Waals surface area contributed by atoms with E-state index in [0.29, 0.717) is 45.0 Å². The Labute approximate surface area is 148 Å². The maximum atomic E-state index is 13.8. The van der Waals surface area contributed by atoms with Crippen LogP contribution >= 0.6 is 24.8 Å². The zero-order valence-electron chi connectivity index (χ0n) is 12.7. The number of piperazine rings is 1. The topological polar surface area (TPSA) is 44.8 Å². The van der Waals surface area contributed by atoms with Crippen molar-refractivity contribution in [2.24, 2.45) is 0 Å². The Morgan fingerprint density at radius 2 is 1.87 bits per heavy atom. The third-order valence-corrected chi connectivity index (χ3v) is 3.99. The summed E-state index contributed by atoms with van der Waals surface area (Å²) in [7, 11) is 0. The van der Waals surface area contributed by atoms with Crippen LogP contribution < -0.4 is 10.2 Å². The number of carbonyl (C=O) groups excluding carboxylic acids is 1. The molecular formula is C15H22Cl2FN3O2. The molecule has 2 heterocycles. The van der Waals surface area contributed by atoms with Gasteiger partial charge in [0.25, 0.3) is 5.91 Å². The van der Waals surface area contributed by atoms with E-state index in [4.69, 9.17) is 4.74 Å². The molecule has 0 spiro atoms. The fourth-order valence-electron chi connectivity index (χ4n) is 2.80. The highest BCUT2D eigenvalue weighted by atomic mass is 35.5. The third kappa shape index (κ3) is 4.70. The monoisotopic (exact) mass is 365 g/mol. The second-order valence-electron chi connectivity index (χ2n) is 5.33. The number of amides is 1. The summed E-state index contributed by atoms with van der Waals surface area (Å²) in [6.07, 6.45) is -0.376. The first-order valence-corrected chi connectivity index (χ1v) is 7.36. The number of ether oxygens (including phenoxy) is 1. The number of rotatable bonds is 2. The second kappa shape index (κ2) is 9.27. The minimum atomic E-state index is -0.376. The van der Waals surface area contributed by atoms with Crippen LogP contribution in [0.1, 0.15) is 0 Å². The number of nitrogens with one attached hydrogen (secondary N) is 1. The summed E-state index contributed by atoms with van der Waals surface area (Å²) in [5.74, 6) is -0.174. The highest BCUT2D eigenvalue weighted by Crippen LogP contribution is 2.20. The molecule has 5 nitrogen and oxygen atoms in total. The van der Waals surface area contributed by atoms with Crippen molar-refractivity contribution in [3.8, 4) is 0 Å². The van der Waals surface area contributed by atoms with Gasteiger partial charge in [0, 0.05) is 39.3 Å². The van der Waals surface area contributed by atoms with Gasteiger partial charge >= 0.3 is 0 Å². The van der Waals surface area contributed by atoms with E-state index in [1.165, 1.54) is 6.07 Å². The third-order valence-electron chi connectivity index (χ3n) is 3.99. The van der Waals surface area contributed by atoms with E-state index in [1.54, 1.807) is 12.1 Å². The average molecular weight is 366 g/mol. The van der Waals surface area contributed by atoms with E-state index in [-0.39, 0.29) is 42.6 Å². The molecule has 2 aliphatic heterocycles. The van der Waals surface area contributed by atoms with Crippen LogP contribution in [0.15, 0.2) is 24.3 Å². The van der Waals surface area contributed by atoms with Crippen molar-refractivity contribution >= 4 is 36.4 Å². The lowest BCUT2D eigenvalue weighted by Crippen LogP contribution is -2.55. The molecule has 1 amide bonds. The van der Waals surface area contributed by atoms with Crippen LogP contribution in [0.5, 0.6) is 0 Å². The number of carbonyl (C=O) groups is 1. The zero-order chi connectivity index (χ0) is 14.7. The lowest BCUT2D eigenvalue weighted by Gasteiger charge is -2.38. The molecule has 0 aromatic heterocycles. The van der Waals surface area contributed by atoms with E-state index in [1.807, 2.05) is 15.9 Å². The van der Waals surface area contributed by atoms with Crippen LogP contribution in [0.3, 0.4) is 0 Å². The molecule has 1 unspecified atom stereocenters. The molecule has 8 heteroatoms. The second-order valence-corrected chi connectivity index (χ2v) is 5.33. The molecule has 1 N–H and O–H groups in total. The highest BCUT2D eigenvalue weighted by molar-refractivity contribution is 5.85.